The summed E-state index contributed by atoms with van der Waals surface area (Å²) in [5.41, 5.74) is 6.81. The maximum atomic E-state index is 5.94. The molecular formula is C16H24ClN3. The summed E-state index contributed by atoms with van der Waals surface area (Å²) in [6.07, 6.45) is 7.93. The van der Waals surface area contributed by atoms with Gasteiger partial charge >= 0.3 is 0 Å². The van der Waals surface area contributed by atoms with Crippen LogP contribution in [0.25, 0.3) is 0 Å². The highest BCUT2D eigenvalue weighted by Crippen LogP contribution is 2.25. The summed E-state index contributed by atoms with van der Waals surface area (Å²) in [6, 6.07) is 8.49. The first-order valence-electron chi connectivity index (χ1n) is 7.34. The molecular weight excluding hydrogens is 270 g/mol. The van der Waals surface area contributed by atoms with Gasteiger partial charge in [0.1, 0.15) is 0 Å². The standard InChI is InChI=1S/C16H24ClN3/c1-14(15-5-7-16(17)8-6-15)20-12-11-19(13-20)10-4-2-3-9-18/h5-8,11-12,14H,2-4,9-10,13,18H2,1H3. The molecule has 3 nitrogen and oxygen atoms in total. The van der Waals surface area contributed by atoms with Gasteiger partial charge in [0.05, 0.1) is 12.7 Å². The van der Waals surface area contributed by atoms with Gasteiger partial charge in [-0.1, -0.05) is 30.2 Å². The van der Waals surface area contributed by atoms with Crippen LogP contribution < -0.4 is 5.73 Å². The first-order chi connectivity index (χ1) is 9.70. The minimum Gasteiger partial charge on any atom is -0.359 e. The van der Waals surface area contributed by atoms with Crippen LogP contribution in [0.4, 0.5) is 0 Å². The van der Waals surface area contributed by atoms with Gasteiger partial charge < -0.3 is 15.5 Å². The molecule has 0 saturated carbocycles. The Kier molecular flexibility index (Phi) is 5.74. The molecule has 0 spiro atoms. The molecule has 0 bridgehead atoms. The van der Waals surface area contributed by atoms with Gasteiger partial charge in [0, 0.05) is 24.0 Å². The molecule has 0 amide bonds. The second-order valence-electron chi connectivity index (χ2n) is 5.34. The highest BCUT2D eigenvalue weighted by Gasteiger charge is 2.18. The molecule has 0 fully saturated rings. The molecule has 0 radical (unpaired) electrons. The Labute approximate surface area is 127 Å². The summed E-state index contributed by atoms with van der Waals surface area (Å²) in [7, 11) is 0. The number of rotatable bonds is 7. The first-order valence-corrected chi connectivity index (χ1v) is 7.72. The van der Waals surface area contributed by atoms with E-state index in [0.29, 0.717) is 6.04 Å². The quantitative estimate of drug-likeness (QED) is 0.780. The SMILES string of the molecule is CC(c1ccc(Cl)cc1)N1C=CN(CCCCCN)C1. The molecule has 0 saturated heterocycles. The van der Waals surface area contributed by atoms with Crippen molar-refractivity contribution in [1.29, 1.82) is 0 Å². The van der Waals surface area contributed by atoms with Crippen LogP contribution in [0.15, 0.2) is 36.7 Å². The van der Waals surface area contributed by atoms with Gasteiger partial charge in [-0.2, -0.15) is 0 Å². The lowest BCUT2D eigenvalue weighted by Gasteiger charge is -2.27. The van der Waals surface area contributed by atoms with Gasteiger partial charge in [-0.05, 0) is 44.0 Å². The molecule has 2 N–H and O–H groups in total. The molecule has 0 aliphatic carbocycles. The van der Waals surface area contributed by atoms with Crippen LogP contribution in [0.2, 0.25) is 5.02 Å². The summed E-state index contributed by atoms with van der Waals surface area (Å²) in [4.78, 5) is 4.72. The Morgan fingerprint density at radius 3 is 2.60 bits per heavy atom. The van der Waals surface area contributed by atoms with E-state index in [1.807, 2.05) is 12.1 Å². The van der Waals surface area contributed by atoms with Crippen molar-refractivity contribution in [3.05, 3.63) is 47.3 Å². The molecule has 1 aliphatic rings. The summed E-state index contributed by atoms with van der Waals surface area (Å²) >= 11 is 5.94. The van der Waals surface area contributed by atoms with Crippen LogP contribution in [0.1, 0.15) is 37.8 Å². The van der Waals surface area contributed by atoms with Gasteiger partial charge in [-0.25, -0.2) is 0 Å². The lowest BCUT2D eigenvalue weighted by Crippen LogP contribution is -2.28. The zero-order chi connectivity index (χ0) is 14.4. The molecule has 20 heavy (non-hydrogen) atoms. The number of nitrogens with two attached hydrogens (primary N) is 1. The van der Waals surface area contributed by atoms with Crippen molar-refractivity contribution >= 4 is 11.6 Å². The Morgan fingerprint density at radius 1 is 1.15 bits per heavy atom. The lowest BCUT2D eigenvalue weighted by atomic mass is 10.1. The molecule has 4 heteroatoms. The molecule has 1 aromatic rings. The van der Waals surface area contributed by atoms with Crippen molar-refractivity contribution in [2.24, 2.45) is 5.73 Å². The largest absolute Gasteiger partial charge is 0.359 e. The van der Waals surface area contributed by atoms with Crippen LogP contribution in [0.5, 0.6) is 0 Å². The van der Waals surface area contributed by atoms with E-state index in [9.17, 15) is 0 Å². The van der Waals surface area contributed by atoms with Gasteiger partial charge in [0.25, 0.3) is 0 Å². The third-order valence-electron chi connectivity index (χ3n) is 3.81. The smallest absolute Gasteiger partial charge is 0.0899 e. The van der Waals surface area contributed by atoms with E-state index in [4.69, 9.17) is 17.3 Å². The average molecular weight is 294 g/mol. The second kappa shape index (κ2) is 7.55. The fourth-order valence-corrected chi connectivity index (χ4v) is 2.58. The minimum atomic E-state index is 0.373. The summed E-state index contributed by atoms with van der Waals surface area (Å²) < 4.78 is 0. The molecule has 1 aliphatic heterocycles. The van der Waals surface area contributed by atoms with E-state index in [2.05, 4.69) is 41.3 Å². The van der Waals surface area contributed by atoms with Crippen molar-refractivity contribution in [3.63, 3.8) is 0 Å². The number of unbranched alkanes of at least 4 members (excludes halogenated alkanes) is 2. The van der Waals surface area contributed by atoms with Gasteiger partial charge in [-0.15, -0.1) is 0 Å². The van der Waals surface area contributed by atoms with Crippen molar-refractivity contribution in [1.82, 2.24) is 9.80 Å². The van der Waals surface area contributed by atoms with Crippen molar-refractivity contribution in [2.45, 2.75) is 32.2 Å². The zero-order valence-corrected chi connectivity index (χ0v) is 12.9. The van der Waals surface area contributed by atoms with Gasteiger partial charge in [-0.3, -0.25) is 0 Å². The molecule has 1 unspecified atom stereocenters. The summed E-state index contributed by atoms with van der Waals surface area (Å²) in [5.74, 6) is 0. The van der Waals surface area contributed by atoms with E-state index in [1.165, 1.54) is 18.4 Å². The van der Waals surface area contributed by atoms with Crippen LogP contribution in [0.3, 0.4) is 0 Å². The summed E-state index contributed by atoms with van der Waals surface area (Å²) in [6.45, 7) is 5.10. The Balaban J connectivity index is 1.80. The number of hydrogen-bond acceptors (Lipinski definition) is 3. The number of benzene rings is 1. The lowest BCUT2D eigenvalue weighted by molar-refractivity contribution is 0.220. The number of halogens is 1. The monoisotopic (exact) mass is 293 g/mol. The molecule has 1 atom stereocenters. The Hall–Kier alpha value is -1.19. The van der Waals surface area contributed by atoms with Crippen LogP contribution in [0, 0.1) is 0 Å². The maximum absolute atomic E-state index is 5.94. The Morgan fingerprint density at radius 2 is 1.90 bits per heavy atom. The Bertz CT molecular complexity index is 430. The van der Waals surface area contributed by atoms with Gasteiger partial charge in [0.15, 0.2) is 0 Å². The van der Waals surface area contributed by atoms with Crippen molar-refractivity contribution in [2.75, 3.05) is 19.8 Å². The first kappa shape index (κ1) is 15.2. The highest BCUT2D eigenvalue weighted by atomic mass is 35.5. The fourth-order valence-electron chi connectivity index (χ4n) is 2.45. The van der Waals surface area contributed by atoms with E-state index in [0.717, 1.165) is 31.2 Å². The third kappa shape index (κ3) is 4.15. The van der Waals surface area contributed by atoms with Crippen LogP contribution in [-0.2, 0) is 0 Å². The average Bonchev–Trinajstić information content (AvgIpc) is 2.92. The van der Waals surface area contributed by atoms with E-state index < -0.39 is 0 Å². The predicted octanol–water partition coefficient (Wildman–Crippen LogP) is 3.58. The molecule has 1 heterocycles. The van der Waals surface area contributed by atoms with E-state index in [-0.39, 0.29) is 0 Å². The minimum absolute atomic E-state index is 0.373. The van der Waals surface area contributed by atoms with Crippen molar-refractivity contribution < 1.29 is 0 Å². The molecule has 2 rings (SSSR count). The fraction of sp³-hybridized carbons (Fsp3) is 0.500. The molecule has 1 aromatic carbocycles. The van der Waals surface area contributed by atoms with Crippen molar-refractivity contribution in [3.8, 4) is 0 Å². The van der Waals surface area contributed by atoms with E-state index in [1.54, 1.807) is 0 Å². The predicted molar refractivity (Wildman–Crippen MR) is 85.3 cm³/mol. The molecule has 110 valence electrons. The van der Waals surface area contributed by atoms with Gasteiger partial charge in [0.2, 0.25) is 0 Å². The van der Waals surface area contributed by atoms with E-state index >= 15 is 0 Å². The van der Waals surface area contributed by atoms with Crippen LogP contribution in [-0.4, -0.2) is 29.6 Å². The zero-order valence-electron chi connectivity index (χ0n) is 12.1. The molecule has 0 aromatic heterocycles. The second-order valence-corrected chi connectivity index (χ2v) is 5.78. The third-order valence-corrected chi connectivity index (χ3v) is 4.07. The maximum Gasteiger partial charge on any atom is 0.0899 e. The topological polar surface area (TPSA) is 32.5 Å². The summed E-state index contributed by atoms with van der Waals surface area (Å²) in [5, 5.41) is 0.791. The number of nitrogens with zero attached hydrogens (tertiary/aromatic N) is 2. The number of hydrogen-bond donors (Lipinski definition) is 1. The highest BCUT2D eigenvalue weighted by molar-refractivity contribution is 6.30. The normalized spacial score (nSPS) is 15.9. The van der Waals surface area contributed by atoms with Crippen LogP contribution >= 0.6 is 11.6 Å².